The van der Waals surface area contributed by atoms with Gasteiger partial charge in [0.2, 0.25) is 0 Å². The summed E-state index contributed by atoms with van der Waals surface area (Å²) in [5, 5.41) is 10.8. The SMILES string of the molecule is C=C(C/C(=N\C)c1cnc(CN(CO)c2ccc(Cl)cn2)s1)C(F)F. The fraction of sp³-hybridized carbons (Fsp3) is 0.312. The van der Waals surface area contributed by atoms with Crippen molar-refractivity contribution in [2.24, 2.45) is 4.99 Å². The van der Waals surface area contributed by atoms with Crippen LogP contribution in [0.4, 0.5) is 14.6 Å². The van der Waals surface area contributed by atoms with Crippen LogP contribution in [0, 0.1) is 0 Å². The maximum atomic E-state index is 12.7. The first kappa shape index (κ1) is 19.4. The average Bonchev–Trinajstić information content (AvgIpc) is 3.06. The third-order valence-corrected chi connectivity index (χ3v) is 4.60. The first-order chi connectivity index (χ1) is 11.9. The predicted molar refractivity (Wildman–Crippen MR) is 96.9 cm³/mol. The van der Waals surface area contributed by atoms with E-state index in [0.717, 1.165) is 0 Å². The van der Waals surface area contributed by atoms with E-state index in [2.05, 4.69) is 21.5 Å². The number of hydrogen-bond donors (Lipinski definition) is 1. The van der Waals surface area contributed by atoms with Gasteiger partial charge in [-0.15, -0.1) is 11.3 Å². The van der Waals surface area contributed by atoms with Crippen LogP contribution in [0.3, 0.4) is 0 Å². The molecule has 25 heavy (non-hydrogen) atoms. The number of thiazole rings is 1. The van der Waals surface area contributed by atoms with Crippen molar-refractivity contribution in [3.05, 3.63) is 51.6 Å². The van der Waals surface area contributed by atoms with Gasteiger partial charge in [-0.3, -0.25) is 4.99 Å². The molecule has 0 aliphatic carbocycles. The average molecular weight is 387 g/mol. The molecule has 134 valence electrons. The van der Waals surface area contributed by atoms with E-state index in [-0.39, 0.29) is 18.7 Å². The van der Waals surface area contributed by atoms with Crippen molar-refractivity contribution >= 4 is 34.5 Å². The monoisotopic (exact) mass is 386 g/mol. The Labute approximate surface area is 153 Å². The lowest BCUT2D eigenvalue weighted by atomic mass is 10.1. The summed E-state index contributed by atoms with van der Waals surface area (Å²) in [4.78, 5) is 14.8. The van der Waals surface area contributed by atoms with Crippen molar-refractivity contribution in [3.63, 3.8) is 0 Å². The summed E-state index contributed by atoms with van der Waals surface area (Å²) >= 11 is 7.14. The molecule has 0 radical (unpaired) electrons. The van der Waals surface area contributed by atoms with Gasteiger partial charge in [-0.2, -0.15) is 0 Å². The second-order valence-electron chi connectivity index (χ2n) is 5.10. The Kier molecular flexibility index (Phi) is 6.98. The zero-order chi connectivity index (χ0) is 18.4. The Morgan fingerprint density at radius 3 is 2.72 bits per heavy atom. The minimum absolute atomic E-state index is 0.00173. The number of nitrogens with zero attached hydrogens (tertiary/aromatic N) is 4. The lowest BCUT2D eigenvalue weighted by Crippen LogP contribution is -2.24. The molecule has 0 saturated carbocycles. The maximum Gasteiger partial charge on any atom is 0.260 e. The van der Waals surface area contributed by atoms with Crippen LogP contribution in [0.2, 0.25) is 5.02 Å². The summed E-state index contributed by atoms with van der Waals surface area (Å²) in [7, 11) is 1.55. The molecule has 0 saturated heterocycles. The topological polar surface area (TPSA) is 61.6 Å². The fourth-order valence-corrected chi connectivity index (χ4v) is 3.09. The lowest BCUT2D eigenvalue weighted by molar-refractivity contribution is 0.188. The molecule has 0 fully saturated rings. The van der Waals surface area contributed by atoms with Crippen LogP contribution < -0.4 is 4.90 Å². The Balaban J connectivity index is 2.11. The van der Waals surface area contributed by atoms with Crippen LogP contribution in [0.1, 0.15) is 16.3 Å². The predicted octanol–water partition coefficient (Wildman–Crippen LogP) is 3.78. The van der Waals surface area contributed by atoms with Crippen LogP contribution in [-0.2, 0) is 6.54 Å². The van der Waals surface area contributed by atoms with Gasteiger partial charge in [-0.1, -0.05) is 18.2 Å². The normalized spacial score (nSPS) is 11.8. The molecule has 0 aliphatic heterocycles. The highest BCUT2D eigenvalue weighted by atomic mass is 35.5. The largest absolute Gasteiger partial charge is 0.376 e. The molecule has 2 aromatic rings. The van der Waals surface area contributed by atoms with Crippen LogP contribution in [0.15, 0.2) is 41.7 Å². The van der Waals surface area contributed by atoms with E-state index in [4.69, 9.17) is 11.6 Å². The molecule has 2 heterocycles. The summed E-state index contributed by atoms with van der Waals surface area (Å²) in [6.45, 7) is 3.45. The van der Waals surface area contributed by atoms with Crippen molar-refractivity contribution in [1.29, 1.82) is 0 Å². The Morgan fingerprint density at radius 2 is 2.16 bits per heavy atom. The second kappa shape index (κ2) is 8.98. The van der Waals surface area contributed by atoms with E-state index in [9.17, 15) is 13.9 Å². The number of anilines is 1. The van der Waals surface area contributed by atoms with Crippen LogP contribution >= 0.6 is 22.9 Å². The number of pyridine rings is 1. The van der Waals surface area contributed by atoms with Crippen molar-refractivity contribution < 1.29 is 13.9 Å². The molecule has 5 nitrogen and oxygen atoms in total. The summed E-state index contributed by atoms with van der Waals surface area (Å²) < 4.78 is 25.3. The highest BCUT2D eigenvalue weighted by molar-refractivity contribution is 7.13. The Bertz CT molecular complexity index is 749. The van der Waals surface area contributed by atoms with Crippen LogP contribution in [-0.4, -0.2) is 41.0 Å². The van der Waals surface area contributed by atoms with Crippen molar-refractivity contribution in [3.8, 4) is 0 Å². The Morgan fingerprint density at radius 1 is 1.40 bits per heavy atom. The zero-order valence-corrected chi connectivity index (χ0v) is 15.1. The molecule has 0 amide bonds. The molecule has 0 unspecified atom stereocenters. The number of alkyl halides is 2. The molecule has 0 spiro atoms. The molecule has 9 heteroatoms. The number of aromatic nitrogens is 2. The van der Waals surface area contributed by atoms with E-state index in [0.29, 0.717) is 33.0 Å². The van der Waals surface area contributed by atoms with E-state index in [1.54, 1.807) is 30.3 Å². The summed E-state index contributed by atoms with van der Waals surface area (Å²) in [5.41, 5.74) is 0.326. The number of aliphatic imine (C=N–C) groups is 1. The molecule has 2 rings (SSSR count). The first-order valence-electron chi connectivity index (χ1n) is 7.28. The molecule has 0 atom stereocenters. The van der Waals surface area contributed by atoms with Gasteiger partial charge in [0.05, 0.1) is 22.2 Å². The maximum absolute atomic E-state index is 12.7. The molecule has 0 bridgehead atoms. The van der Waals surface area contributed by atoms with E-state index >= 15 is 0 Å². The summed E-state index contributed by atoms with van der Waals surface area (Å²) in [6.07, 6.45) is 0.499. The Hall–Kier alpha value is -1.90. The number of allylic oxidation sites excluding steroid dienone is 1. The highest BCUT2D eigenvalue weighted by Crippen LogP contribution is 2.23. The van der Waals surface area contributed by atoms with Gasteiger partial charge in [-0.25, -0.2) is 18.7 Å². The van der Waals surface area contributed by atoms with E-state index < -0.39 is 6.43 Å². The fourth-order valence-electron chi connectivity index (χ4n) is 2.01. The second-order valence-corrected chi connectivity index (χ2v) is 6.65. The van der Waals surface area contributed by atoms with Crippen LogP contribution in [0.25, 0.3) is 0 Å². The third-order valence-electron chi connectivity index (χ3n) is 3.34. The molecule has 2 aromatic heterocycles. The van der Waals surface area contributed by atoms with Crippen LogP contribution in [0.5, 0.6) is 0 Å². The number of rotatable bonds is 8. The molecular formula is C16H17ClF2N4OS. The highest BCUT2D eigenvalue weighted by Gasteiger charge is 2.16. The summed E-state index contributed by atoms with van der Waals surface area (Å²) in [5.74, 6) is 0.555. The number of halogens is 3. The summed E-state index contributed by atoms with van der Waals surface area (Å²) in [6, 6.07) is 3.37. The van der Waals surface area contributed by atoms with Gasteiger partial charge in [-0.05, 0) is 17.7 Å². The van der Waals surface area contributed by atoms with Gasteiger partial charge in [0, 0.05) is 25.9 Å². The smallest absolute Gasteiger partial charge is 0.260 e. The van der Waals surface area contributed by atoms with E-state index in [1.807, 2.05) is 0 Å². The number of aliphatic hydroxyl groups excluding tert-OH is 1. The zero-order valence-electron chi connectivity index (χ0n) is 13.5. The number of aliphatic hydroxyl groups is 1. The first-order valence-corrected chi connectivity index (χ1v) is 8.48. The van der Waals surface area contributed by atoms with Gasteiger partial charge in [0.1, 0.15) is 17.6 Å². The quantitative estimate of drug-likeness (QED) is 0.426. The standard InChI is InChI=1S/C16H17ClF2N4OS/c1-10(16(18)19)5-12(20-2)13-7-22-15(25-13)8-23(9-24)14-4-3-11(17)6-21-14/h3-4,6-7,16,24H,1,5,8-9H2,2H3/b20-12+. The van der Waals surface area contributed by atoms with Gasteiger partial charge in [0.15, 0.2) is 0 Å². The molecule has 0 aliphatic rings. The van der Waals surface area contributed by atoms with E-state index in [1.165, 1.54) is 17.5 Å². The number of hydrogen-bond acceptors (Lipinski definition) is 6. The van der Waals surface area contributed by atoms with Gasteiger partial charge in [0.25, 0.3) is 6.43 Å². The third kappa shape index (κ3) is 5.29. The van der Waals surface area contributed by atoms with Crippen molar-refractivity contribution in [2.75, 3.05) is 18.7 Å². The minimum Gasteiger partial charge on any atom is -0.376 e. The lowest BCUT2D eigenvalue weighted by Gasteiger charge is -2.19. The molecule has 0 aromatic carbocycles. The van der Waals surface area contributed by atoms with Gasteiger partial charge < -0.3 is 10.0 Å². The minimum atomic E-state index is -2.58. The van der Waals surface area contributed by atoms with Gasteiger partial charge >= 0.3 is 0 Å². The van der Waals surface area contributed by atoms with Crippen molar-refractivity contribution in [2.45, 2.75) is 19.4 Å². The molecular weight excluding hydrogens is 370 g/mol. The molecule has 1 N–H and O–H groups in total. The van der Waals surface area contributed by atoms with Crippen molar-refractivity contribution in [1.82, 2.24) is 9.97 Å².